The fourth-order valence-electron chi connectivity index (χ4n) is 2.36. The smallest absolute Gasteiger partial charge is 0.141 e. The Hall–Kier alpha value is -0.930. The maximum Gasteiger partial charge on any atom is 0.141 e. The minimum atomic E-state index is 0.499. The summed E-state index contributed by atoms with van der Waals surface area (Å²) in [5, 5.41) is 3.99. The minimum absolute atomic E-state index is 0.499. The largest absolute Gasteiger partial charge is 0.497 e. The highest BCUT2D eigenvalue weighted by Gasteiger charge is 2.21. The fraction of sp³-hybridized carbons (Fsp3) is 0.538. The van der Waals surface area contributed by atoms with Gasteiger partial charge in [0.2, 0.25) is 0 Å². The van der Waals surface area contributed by atoms with Crippen molar-refractivity contribution in [3.05, 3.63) is 22.7 Å². The zero-order valence-corrected chi connectivity index (χ0v) is 11.0. The molecule has 4 heteroatoms. The molecule has 1 fully saturated rings. The van der Waals surface area contributed by atoms with Crippen molar-refractivity contribution in [1.29, 1.82) is 0 Å². The number of halogens is 1. The van der Waals surface area contributed by atoms with Gasteiger partial charge in [0, 0.05) is 11.6 Å². The Morgan fingerprint density at radius 2 is 1.88 bits per heavy atom. The molecule has 1 aromatic rings. The number of ether oxygens (including phenoxy) is 2. The average Bonchev–Trinajstić information content (AvgIpc) is 2.38. The Bertz CT molecular complexity index is 389. The van der Waals surface area contributed by atoms with E-state index in [1.54, 1.807) is 20.3 Å². The van der Waals surface area contributed by atoms with Gasteiger partial charge in [-0.25, -0.2) is 0 Å². The summed E-state index contributed by atoms with van der Waals surface area (Å²) in [6.45, 7) is 2.09. The lowest BCUT2D eigenvalue weighted by molar-refractivity contribution is 0.383. The van der Waals surface area contributed by atoms with Crippen LogP contribution in [-0.2, 0) is 0 Å². The highest BCUT2D eigenvalue weighted by molar-refractivity contribution is 6.32. The number of hydrogen-bond donors (Lipinski definition) is 1. The van der Waals surface area contributed by atoms with Gasteiger partial charge in [-0.3, -0.25) is 0 Å². The molecule has 0 spiro atoms. The van der Waals surface area contributed by atoms with E-state index in [2.05, 4.69) is 5.32 Å². The Kier molecular flexibility index (Phi) is 4.13. The molecular formula is C13H18ClNO2. The van der Waals surface area contributed by atoms with Gasteiger partial charge in [0.1, 0.15) is 11.5 Å². The van der Waals surface area contributed by atoms with E-state index in [1.165, 1.54) is 5.56 Å². The molecule has 1 heterocycles. The molecule has 17 heavy (non-hydrogen) atoms. The summed E-state index contributed by atoms with van der Waals surface area (Å²) in [6.07, 6.45) is 2.22. The first-order valence-electron chi connectivity index (χ1n) is 5.88. The van der Waals surface area contributed by atoms with Gasteiger partial charge in [-0.15, -0.1) is 0 Å². The topological polar surface area (TPSA) is 30.5 Å². The van der Waals surface area contributed by atoms with E-state index in [0.29, 0.717) is 10.9 Å². The van der Waals surface area contributed by atoms with Crippen LogP contribution >= 0.6 is 11.6 Å². The van der Waals surface area contributed by atoms with Gasteiger partial charge in [-0.2, -0.15) is 0 Å². The Morgan fingerprint density at radius 1 is 1.18 bits per heavy atom. The lowest BCUT2D eigenvalue weighted by Gasteiger charge is -2.25. The molecule has 0 aliphatic carbocycles. The first kappa shape index (κ1) is 12.5. The number of rotatable bonds is 3. The van der Waals surface area contributed by atoms with E-state index in [0.717, 1.165) is 37.4 Å². The number of piperidine rings is 1. The number of nitrogens with one attached hydrogen (secondary N) is 1. The maximum atomic E-state index is 6.21. The van der Waals surface area contributed by atoms with E-state index >= 15 is 0 Å². The van der Waals surface area contributed by atoms with Gasteiger partial charge in [0.05, 0.1) is 19.2 Å². The van der Waals surface area contributed by atoms with Crippen LogP contribution < -0.4 is 14.8 Å². The van der Waals surface area contributed by atoms with E-state index in [-0.39, 0.29) is 0 Å². The minimum Gasteiger partial charge on any atom is -0.497 e. The van der Waals surface area contributed by atoms with Gasteiger partial charge in [-0.05, 0) is 37.9 Å². The third kappa shape index (κ3) is 2.67. The summed E-state index contributed by atoms with van der Waals surface area (Å²) in [5.41, 5.74) is 1.17. The fourth-order valence-corrected chi connectivity index (χ4v) is 2.65. The molecular weight excluding hydrogens is 238 g/mol. The third-order valence-electron chi connectivity index (χ3n) is 3.26. The monoisotopic (exact) mass is 255 g/mol. The lowest BCUT2D eigenvalue weighted by atomic mass is 9.89. The predicted octanol–water partition coefficient (Wildman–Crippen LogP) is 2.82. The summed E-state index contributed by atoms with van der Waals surface area (Å²) in [6, 6.07) is 3.84. The molecule has 0 bridgehead atoms. The lowest BCUT2D eigenvalue weighted by Crippen LogP contribution is -2.26. The van der Waals surface area contributed by atoms with Crippen LogP contribution in [0.3, 0.4) is 0 Å². The van der Waals surface area contributed by atoms with Crippen molar-refractivity contribution in [2.45, 2.75) is 18.8 Å². The number of hydrogen-bond acceptors (Lipinski definition) is 3. The number of benzene rings is 1. The van der Waals surface area contributed by atoms with Gasteiger partial charge in [-0.1, -0.05) is 11.6 Å². The molecule has 94 valence electrons. The van der Waals surface area contributed by atoms with Crippen molar-refractivity contribution < 1.29 is 9.47 Å². The highest BCUT2D eigenvalue weighted by Crippen LogP contribution is 2.40. The highest BCUT2D eigenvalue weighted by atomic mass is 35.5. The number of methoxy groups -OCH3 is 2. The first-order valence-corrected chi connectivity index (χ1v) is 6.26. The zero-order valence-electron chi connectivity index (χ0n) is 10.3. The molecule has 0 unspecified atom stereocenters. The van der Waals surface area contributed by atoms with Crippen molar-refractivity contribution in [3.8, 4) is 11.5 Å². The molecule has 0 saturated carbocycles. The summed E-state index contributed by atoms with van der Waals surface area (Å²) < 4.78 is 10.7. The van der Waals surface area contributed by atoms with E-state index in [9.17, 15) is 0 Å². The molecule has 0 radical (unpaired) electrons. The summed E-state index contributed by atoms with van der Waals surface area (Å²) >= 11 is 6.21. The van der Waals surface area contributed by atoms with E-state index in [1.807, 2.05) is 6.07 Å². The molecule has 1 aromatic carbocycles. The SMILES string of the molecule is COc1cc(Cl)c(OC)c(C2CCNCC2)c1. The summed E-state index contributed by atoms with van der Waals surface area (Å²) in [7, 11) is 3.32. The van der Waals surface area contributed by atoms with Crippen molar-refractivity contribution in [2.75, 3.05) is 27.3 Å². The molecule has 3 nitrogen and oxygen atoms in total. The second kappa shape index (κ2) is 5.61. The normalized spacial score (nSPS) is 16.9. The predicted molar refractivity (Wildman–Crippen MR) is 69.4 cm³/mol. The molecule has 1 aliphatic heterocycles. The molecule has 1 aliphatic rings. The quantitative estimate of drug-likeness (QED) is 0.901. The maximum absolute atomic E-state index is 6.21. The second-order valence-electron chi connectivity index (χ2n) is 4.26. The van der Waals surface area contributed by atoms with E-state index in [4.69, 9.17) is 21.1 Å². The molecule has 2 rings (SSSR count). The molecule has 0 atom stereocenters. The Labute approximate surface area is 107 Å². The van der Waals surface area contributed by atoms with Crippen LogP contribution in [0.25, 0.3) is 0 Å². The molecule has 1 saturated heterocycles. The Balaban J connectivity index is 2.38. The van der Waals surface area contributed by atoms with Crippen LogP contribution in [0.5, 0.6) is 11.5 Å². The average molecular weight is 256 g/mol. The van der Waals surface area contributed by atoms with Crippen molar-refractivity contribution in [3.63, 3.8) is 0 Å². The zero-order chi connectivity index (χ0) is 12.3. The molecule has 0 amide bonds. The summed E-state index contributed by atoms with van der Waals surface area (Å²) in [4.78, 5) is 0. The molecule has 1 N–H and O–H groups in total. The Morgan fingerprint density at radius 3 is 2.47 bits per heavy atom. The van der Waals surface area contributed by atoms with Crippen LogP contribution in [0.4, 0.5) is 0 Å². The third-order valence-corrected chi connectivity index (χ3v) is 3.55. The standard InChI is InChI=1S/C13H18ClNO2/c1-16-10-7-11(9-3-5-15-6-4-9)13(17-2)12(14)8-10/h7-9,15H,3-6H2,1-2H3. The van der Waals surface area contributed by atoms with Crippen LogP contribution in [0, 0.1) is 0 Å². The van der Waals surface area contributed by atoms with Gasteiger partial charge in [0.25, 0.3) is 0 Å². The second-order valence-corrected chi connectivity index (χ2v) is 4.66. The van der Waals surface area contributed by atoms with Crippen molar-refractivity contribution in [1.82, 2.24) is 5.32 Å². The van der Waals surface area contributed by atoms with E-state index < -0.39 is 0 Å². The summed E-state index contributed by atoms with van der Waals surface area (Å²) in [5.74, 6) is 2.09. The van der Waals surface area contributed by atoms with Crippen molar-refractivity contribution >= 4 is 11.6 Å². The van der Waals surface area contributed by atoms with Crippen LogP contribution in [0.1, 0.15) is 24.3 Å². The van der Waals surface area contributed by atoms with Gasteiger partial charge < -0.3 is 14.8 Å². The van der Waals surface area contributed by atoms with Crippen LogP contribution in [0.2, 0.25) is 5.02 Å². The van der Waals surface area contributed by atoms with Crippen LogP contribution in [0.15, 0.2) is 12.1 Å². The first-order chi connectivity index (χ1) is 8.26. The van der Waals surface area contributed by atoms with Crippen molar-refractivity contribution in [2.24, 2.45) is 0 Å². The van der Waals surface area contributed by atoms with Gasteiger partial charge in [0.15, 0.2) is 0 Å². The van der Waals surface area contributed by atoms with Crippen LogP contribution in [-0.4, -0.2) is 27.3 Å². The van der Waals surface area contributed by atoms with Gasteiger partial charge >= 0.3 is 0 Å². The molecule has 0 aromatic heterocycles.